The smallest absolute Gasteiger partial charge is 0.390 e. The van der Waals surface area contributed by atoms with Crippen molar-refractivity contribution in [1.82, 2.24) is 15.2 Å². The number of benzene rings is 1. The molecule has 21 heavy (non-hydrogen) atoms. The van der Waals surface area contributed by atoms with E-state index in [2.05, 4.69) is 10.1 Å². The fourth-order valence-corrected chi connectivity index (χ4v) is 2.63. The minimum Gasteiger partial charge on any atom is -0.390 e. The number of non-ortho nitro benzene ring substituents is 1. The Morgan fingerprint density at radius 3 is 2.19 bits per heavy atom. The third-order valence-electron chi connectivity index (χ3n) is 2.41. The Morgan fingerprint density at radius 1 is 1.10 bits per heavy atom. The van der Waals surface area contributed by atoms with Gasteiger partial charge in [-0.25, -0.2) is 8.42 Å². The molecule has 0 fully saturated rings. The Hall–Kier alpha value is -2.89. The number of nitro benzene ring substituents is 1. The van der Waals surface area contributed by atoms with Crippen LogP contribution in [0.1, 0.15) is 5.56 Å². The van der Waals surface area contributed by atoms with E-state index in [4.69, 9.17) is 0 Å². The summed E-state index contributed by atoms with van der Waals surface area (Å²) in [4.78, 5) is 22.6. The molecule has 1 heterocycles. The van der Waals surface area contributed by atoms with Crippen molar-refractivity contribution in [2.45, 2.75) is 10.9 Å². The van der Waals surface area contributed by atoms with Crippen LogP contribution in [0, 0.1) is 20.2 Å². The van der Waals surface area contributed by atoms with Gasteiger partial charge in [-0.3, -0.25) is 10.1 Å². The summed E-state index contributed by atoms with van der Waals surface area (Å²) in [5, 5.41) is 25.4. The van der Waals surface area contributed by atoms with Crippen LogP contribution in [0.2, 0.25) is 0 Å². The van der Waals surface area contributed by atoms with Gasteiger partial charge in [0, 0.05) is 12.1 Å². The molecule has 0 amide bonds. The van der Waals surface area contributed by atoms with Gasteiger partial charge in [-0.05, 0) is 15.5 Å². The maximum absolute atomic E-state index is 12.0. The van der Waals surface area contributed by atoms with Crippen LogP contribution in [-0.2, 0) is 15.6 Å². The molecule has 0 saturated heterocycles. The number of hydrogen-bond donors (Lipinski definition) is 1. The van der Waals surface area contributed by atoms with Gasteiger partial charge in [0.15, 0.2) is 0 Å². The van der Waals surface area contributed by atoms with E-state index in [1.807, 2.05) is 5.10 Å². The number of sulfone groups is 1. The molecule has 1 aromatic carbocycles. The highest BCUT2D eigenvalue weighted by Crippen LogP contribution is 2.17. The number of aromatic amines is 1. The van der Waals surface area contributed by atoms with Gasteiger partial charge in [0.2, 0.25) is 9.84 Å². The second kappa shape index (κ2) is 5.24. The predicted molar refractivity (Wildman–Crippen MR) is 67.0 cm³/mol. The normalized spacial score (nSPS) is 11.2. The molecule has 12 heteroatoms. The summed E-state index contributed by atoms with van der Waals surface area (Å²) in [5.74, 6) is -1.31. The molecule has 0 aliphatic carbocycles. The minimum atomic E-state index is -3.99. The van der Waals surface area contributed by atoms with Crippen molar-refractivity contribution < 1.29 is 18.3 Å². The van der Waals surface area contributed by atoms with Crippen LogP contribution < -0.4 is 0 Å². The van der Waals surface area contributed by atoms with Crippen LogP contribution in [0.5, 0.6) is 0 Å². The van der Waals surface area contributed by atoms with E-state index in [1.54, 1.807) is 0 Å². The van der Waals surface area contributed by atoms with Gasteiger partial charge in [0.1, 0.15) is 0 Å². The lowest BCUT2D eigenvalue weighted by molar-refractivity contribution is -0.394. The highest BCUT2D eigenvalue weighted by Gasteiger charge is 2.27. The zero-order valence-corrected chi connectivity index (χ0v) is 11.0. The molecule has 0 aliphatic heterocycles. The number of nitro groups is 2. The lowest BCUT2D eigenvalue weighted by atomic mass is 10.2. The van der Waals surface area contributed by atoms with Crippen molar-refractivity contribution >= 4 is 21.5 Å². The van der Waals surface area contributed by atoms with Crippen LogP contribution in [0.15, 0.2) is 29.4 Å². The number of hydrogen-bond acceptors (Lipinski definition) is 8. The molecule has 0 radical (unpaired) electrons. The number of nitrogens with one attached hydrogen (secondary N) is 1. The molecule has 1 aromatic heterocycles. The summed E-state index contributed by atoms with van der Waals surface area (Å²) in [6, 6.07) is 4.87. The van der Waals surface area contributed by atoms with E-state index >= 15 is 0 Å². The first-order chi connectivity index (χ1) is 9.79. The van der Waals surface area contributed by atoms with Crippen molar-refractivity contribution in [1.29, 1.82) is 0 Å². The van der Waals surface area contributed by atoms with Gasteiger partial charge < -0.3 is 10.1 Å². The average Bonchev–Trinajstić information content (AvgIpc) is 2.89. The first kappa shape index (κ1) is 14.5. The Bertz CT molecular complexity index is 796. The van der Waals surface area contributed by atoms with E-state index in [-0.39, 0.29) is 11.3 Å². The number of aromatic nitrogens is 3. The number of H-pyrrole nitrogens is 1. The summed E-state index contributed by atoms with van der Waals surface area (Å²) >= 11 is 0. The van der Waals surface area contributed by atoms with Crippen LogP contribution >= 0.6 is 0 Å². The van der Waals surface area contributed by atoms with Crippen molar-refractivity contribution in [2.75, 3.05) is 0 Å². The molecule has 0 bridgehead atoms. The van der Waals surface area contributed by atoms with Crippen LogP contribution in [0.4, 0.5) is 11.6 Å². The van der Waals surface area contributed by atoms with Gasteiger partial charge in [-0.1, -0.05) is 17.2 Å². The summed E-state index contributed by atoms with van der Waals surface area (Å²) < 4.78 is 23.9. The van der Waals surface area contributed by atoms with E-state index in [9.17, 15) is 28.6 Å². The highest BCUT2D eigenvalue weighted by molar-refractivity contribution is 7.90. The standard InChI is InChI=1S/C9H7N5O6S/c15-13(16)7-3-1-6(2-4-7)5-21(19,20)9-10-8(11-12-9)14(17)18/h1-4H,5H2,(H,10,11,12). The van der Waals surface area contributed by atoms with Crippen LogP contribution in [0.25, 0.3) is 0 Å². The lowest BCUT2D eigenvalue weighted by Gasteiger charge is -1.98. The second-order valence-electron chi connectivity index (χ2n) is 3.88. The molecular weight excluding hydrogens is 306 g/mol. The molecule has 1 N–H and O–H groups in total. The topological polar surface area (TPSA) is 162 Å². The van der Waals surface area contributed by atoms with Gasteiger partial charge in [-0.2, -0.15) is 0 Å². The third-order valence-corrected chi connectivity index (χ3v) is 3.86. The zero-order chi connectivity index (χ0) is 15.6. The molecule has 0 saturated carbocycles. The Kier molecular flexibility index (Phi) is 3.62. The summed E-state index contributed by atoms with van der Waals surface area (Å²) in [6.07, 6.45) is 0. The van der Waals surface area contributed by atoms with Gasteiger partial charge in [0.25, 0.3) is 5.69 Å². The summed E-state index contributed by atoms with van der Waals surface area (Å²) in [6.45, 7) is 0. The van der Waals surface area contributed by atoms with Crippen molar-refractivity contribution in [3.05, 3.63) is 50.1 Å². The van der Waals surface area contributed by atoms with Gasteiger partial charge in [-0.15, -0.1) is 5.10 Å². The molecule has 0 aliphatic rings. The average molecular weight is 313 g/mol. The summed E-state index contributed by atoms with van der Waals surface area (Å²) in [5.41, 5.74) is 0.0951. The predicted octanol–water partition coefficient (Wildman–Crippen LogP) is 0.595. The SMILES string of the molecule is O=[N+]([O-])c1ccc(CS(=O)(=O)c2n[nH]c([N+](=O)[O-])n2)cc1. The number of rotatable bonds is 5. The first-order valence-electron chi connectivity index (χ1n) is 5.32. The third kappa shape index (κ3) is 3.17. The first-order valence-corrected chi connectivity index (χ1v) is 6.98. The van der Waals surface area contributed by atoms with E-state index in [1.165, 1.54) is 12.1 Å². The maximum Gasteiger partial charge on any atom is 0.454 e. The van der Waals surface area contributed by atoms with E-state index < -0.39 is 36.5 Å². The molecule has 2 rings (SSSR count). The molecular formula is C9H7N5O6S. The van der Waals surface area contributed by atoms with Gasteiger partial charge in [0.05, 0.1) is 10.7 Å². The minimum absolute atomic E-state index is 0.176. The molecule has 0 unspecified atom stereocenters. The zero-order valence-electron chi connectivity index (χ0n) is 10.2. The maximum atomic E-state index is 12.0. The molecule has 2 aromatic rings. The number of nitrogens with zero attached hydrogens (tertiary/aromatic N) is 4. The fraction of sp³-hybridized carbons (Fsp3) is 0.111. The fourth-order valence-electron chi connectivity index (χ4n) is 1.46. The summed E-state index contributed by atoms with van der Waals surface area (Å²) in [7, 11) is -3.99. The molecule has 0 atom stereocenters. The van der Waals surface area contributed by atoms with E-state index in [0.29, 0.717) is 0 Å². The van der Waals surface area contributed by atoms with Crippen LogP contribution in [-0.4, -0.2) is 33.4 Å². The Labute approximate surface area is 116 Å². The molecule has 0 spiro atoms. The Morgan fingerprint density at radius 2 is 1.71 bits per heavy atom. The highest BCUT2D eigenvalue weighted by atomic mass is 32.2. The van der Waals surface area contributed by atoms with Crippen molar-refractivity contribution in [3.63, 3.8) is 0 Å². The molecule has 110 valence electrons. The molecule has 11 nitrogen and oxygen atoms in total. The van der Waals surface area contributed by atoms with Crippen LogP contribution in [0.3, 0.4) is 0 Å². The van der Waals surface area contributed by atoms with E-state index in [0.717, 1.165) is 12.1 Å². The van der Waals surface area contributed by atoms with Gasteiger partial charge >= 0.3 is 11.1 Å². The second-order valence-corrected chi connectivity index (χ2v) is 5.76. The lowest BCUT2D eigenvalue weighted by Crippen LogP contribution is -2.07. The largest absolute Gasteiger partial charge is 0.454 e. The Balaban J connectivity index is 2.24. The van der Waals surface area contributed by atoms with Crippen molar-refractivity contribution in [3.8, 4) is 0 Å². The monoisotopic (exact) mass is 313 g/mol. The van der Waals surface area contributed by atoms with Crippen molar-refractivity contribution in [2.24, 2.45) is 0 Å². The quantitative estimate of drug-likeness (QED) is 0.619.